The van der Waals surface area contributed by atoms with Gasteiger partial charge in [-0.1, -0.05) is 72.8 Å². The van der Waals surface area contributed by atoms with Crippen LogP contribution >= 0.6 is 0 Å². The van der Waals surface area contributed by atoms with Gasteiger partial charge in [0.25, 0.3) is 0 Å². The van der Waals surface area contributed by atoms with Crippen LogP contribution in [0.25, 0.3) is 21.5 Å². The topological polar surface area (TPSA) is 38.4 Å². The van der Waals surface area contributed by atoms with Gasteiger partial charge in [-0.05, 0) is 22.2 Å². The van der Waals surface area contributed by atoms with Crippen molar-refractivity contribution in [3.63, 3.8) is 0 Å². The SMILES string of the molecule is CN=C(c1ccc2ccccc2c1)c1ccc2ccccc2c1N. The molecule has 0 saturated heterocycles. The van der Waals surface area contributed by atoms with Crippen molar-refractivity contribution >= 4 is 32.9 Å². The largest absolute Gasteiger partial charge is 0.398 e. The number of aliphatic imine (C=N–C) groups is 1. The third kappa shape index (κ3) is 2.33. The van der Waals surface area contributed by atoms with Gasteiger partial charge in [0.1, 0.15) is 0 Å². The third-order valence-corrected chi connectivity index (χ3v) is 4.47. The molecular weight excluding hydrogens is 292 g/mol. The average Bonchev–Trinajstić information content (AvgIpc) is 2.64. The van der Waals surface area contributed by atoms with Crippen molar-refractivity contribution in [1.82, 2.24) is 0 Å². The molecule has 0 radical (unpaired) electrons. The molecule has 0 fully saturated rings. The summed E-state index contributed by atoms with van der Waals surface area (Å²) in [5.74, 6) is 0. The Morgan fingerprint density at radius 3 is 2.21 bits per heavy atom. The summed E-state index contributed by atoms with van der Waals surface area (Å²) >= 11 is 0. The predicted molar refractivity (Wildman–Crippen MR) is 104 cm³/mol. The lowest BCUT2D eigenvalue weighted by Gasteiger charge is -2.12. The molecule has 2 nitrogen and oxygen atoms in total. The average molecular weight is 310 g/mol. The highest BCUT2D eigenvalue weighted by atomic mass is 14.7. The molecule has 0 aliphatic heterocycles. The van der Waals surface area contributed by atoms with Gasteiger partial charge in [-0.25, -0.2) is 0 Å². The second-order valence-corrected chi connectivity index (χ2v) is 5.88. The fourth-order valence-corrected chi connectivity index (χ4v) is 3.24. The van der Waals surface area contributed by atoms with E-state index in [0.29, 0.717) is 0 Å². The van der Waals surface area contributed by atoms with E-state index in [4.69, 9.17) is 5.73 Å². The van der Waals surface area contributed by atoms with E-state index in [1.807, 2.05) is 19.2 Å². The molecule has 4 aromatic carbocycles. The van der Waals surface area contributed by atoms with Gasteiger partial charge in [0.05, 0.1) is 5.71 Å². The molecule has 24 heavy (non-hydrogen) atoms. The summed E-state index contributed by atoms with van der Waals surface area (Å²) in [5, 5.41) is 4.64. The summed E-state index contributed by atoms with van der Waals surface area (Å²) in [6.07, 6.45) is 0. The summed E-state index contributed by atoms with van der Waals surface area (Å²) in [4.78, 5) is 4.54. The first-order valence-corrected chi connectivity index (χ1v) is 8.01. The Balaban J connectivity index is 1.90. The smallest absolute Gasteiger partial charge is 0.0736 e. The van der Waals surface area contributed by atoms with Crippen molar-refractivity contribution < 1.29 is 0 Å². The van der Waals surface area contributed by atoms with E-state index in [0.717, 1.165) is 33.3 Å². The quantitative estimate of drug-likeness (QED) is 0.409. The Bertz CT molecular complexity index is 1080. The molecule has 2 heteroatoms. The first kappa shape index (κ1) is 14.5. The lowest BCUT2D eigenvalue weighted by molar-refractivity contribution is 1.42. The van der Waals surface area contributed by atoms with Gasteiger partial charge in [-0.15, -0.1) is 0 Å². The Hall–Kier alpha value is -3.13. The molecule has 0 aliphatic rings. The maximum absolute atomic E-state index is 6.46. The molecule has 0 atom stereocenters. The van der Waals surface area contributed by atoms with Crippen LogP contribution in [0, 0.1) is 0 Å². The number of fused-ring (bicyclic) bond motifs is 2. The molecule has 0 amide bonds. The lowest BCUT2D eigenvalue weighted by Crippen LogP contribution is -2.07. The summed E-state index contributed by atoms with van der Waals surface area (Å²) in [6, 6.07) is 27.1. The summed E-state index contributed by atoms with van der Waals surface area (Å²) in [6.45, 7) is 0. The maximum atomic E-state index is 6.46. The van der Waals surface area contributed by atoms with Crippen LogP contribution < -0.4 is 5.73 Å². The van der Waals surface area contributed by atoms with Gasteiger partial charge < -0.3 is 5.73 Å². The van der Waals surface area contributed by atoms with Gasteiger partial charge in [-0.2, -0.15) is 0 Å². The van der Waals surface area contributed by atoms with Crippen LogP contribution in [0.5, 0.6) is 0 Å². The highest BCUT2D eigenvalue weighted by Crippen LogP contribution is 2.28. The number of hydrogen-bond acceptors (Lipinski definition) is 2. The number of hydrogen-bond donors (Lipinski definition) is 1. The molecular formula is C22H18N2. The summed E-state index contributed by atoms with van der Waals surface area (Å²) in [5.41, 5.74) is 10.2. The number of nitrogen functional groups attached to an aromatic ring is 1. The Kier molecular flexibility index (Phi) is 3.51. The highest BCUT2D eigenvalue weighted by molar-refractivity contribution is 6.19. The minimum Gasteiger partial charge on any atom is -0.398 e. The zero-order valence-corrected chi connectivity index (χ0v) is 13.5. The molecule has 0 saturated carbocycles. The van der Waals surface area contributed by atoms with E-state index in [1.54, 1.807) is 0 Å². The number of nitrogens with zero attached hydrogens (tertiary/aromatic N) is 1. The molecule has 116 valence electrons. The molecule has 0 bridgehead atoms. The van der Waals surface area contributed by atoms with Gasteiger partial charge in [0, 0.05) is 29.2 Å². The standard InChI is InChI=1S/C22H18N2/c1-24-22(18-11-10-15-6-2-3-8-17(15)14-18)20-13-12-16-7-4-5-9-19(16)21(20)23/h2-14H,23H2,1H3. The van der Waals surface area contributed by atoms with E-state index in [2.05, 4.69) is 71.7 Å². The Morgan fingerprint density at radius 1 is 0.750 bits per heavy atom. The van der Waals surface area contributed by atoms with Crippen LogP contribution in [-0.4, -0.2) is 12.8 Å². The third-order valence-electron chi connectivity index (χ3n) is 4.47. The van der Waals surface area contributed by atoms with E-state index >= 15 is 0 Å². The monoisotopic (exact) mass is 310 g/mol. The Labute approximate surface area is 141 Å². The van der Waals surface area contributed by atoms with Gasteiger partial charge in [0.2, 0.25) is 0 Å². The van der Waals surface area contributed by atoms with Crippen molar-refractivity contribution in [2.45, 2.75) is 0 Å². The molecule has 0 aliphatic carbocycles. The van der Waals surface area contributed by atoms with Crippen LogP contribution in [0.2, 0.25) is 0 Å². The van der Waals surface area contributed by atoms with Gasteiger partial charge in [0.15, 0.2) is 0 Å². The summed E-state index contributed by atoms with van der Waals surface area (Å²) in [7, 11) is 1.82. The zero-order valence-electron chi connectivity index (χ0n) is 13.5. The van der Waals surface area contributed by atoms with Gasteiger partial charge >= 0.3 is 0 Å². The van der Waals surface area contributed by atoms with Crippen LogP contribution in [0.4, 0.5) is 5.69 Å². The minimum atomic E-state index is 0.779. The van der Waals surface area contributed by atoms with E-state index in [9.17, 15) is 0 Å². The number of nitrogens with two attached hydrogens (primary N) is 1. The first-order valence-electron chi connectivity index (χ1n) is 8.01. The van der Waals surface area contributed by atoms with Crippen LogP contribution in [-0.2, 0) is 0 Å². The van der Waals surface area contributed by atoms with E-state index in [-0.39, 0.29) is 0 Å². The Morgan fingerprint density at radius 2 is 1.42 bits per heavy atom. The second kappa shape index (κ2) is 5.82. The maximum Gasteiger partial charge on any atom is 0.0736 e. The predicted octanol–water partition coefficient (Wildman–Crippen LogP) is 5.04. The van der Waals surface area contributed by atoms with Gasteiger partial charge in [-0.3, -0.25) is 4.99 Å². The molecule has 4 rings (SSSR count). The fraction of sp³-hybridized carbons (Fsp3) is 0.0455. The lowest BCUT2D eigenvalue weighted by atomic mass is 9.95. The van der Waals surface area contributed by atoms with Crippen molar-refractivity contribution in [2.75, 3.05) is 12.8 Å². The molecule has 0 aromatic heterocycles. The number of benzene rings is 4. The zero-order chi connectivity index (χ0) is 16.5. The number of rotatable bonds is 2. The van der Waals surface area contributed by atoms with Crippen molar-refractivity contribution in [2.24, 2.45) is 4.99 Å². The second-order valence-electron chi connectivity index (χ2n) is 5.88. The fourth-order valence-electron chi connectivity index (χ4n) is 3.24. The van der Waals surface area contributed by atoms with Crippen LogP contribution in [0.1, 0.15) is 11.1 Å². The van der Waals surface area contributed by atoms with Crippen LogP contribution in [0.15, 0.2) is 83.9 Å². The first-order chi connectivity index (χ1) is 11.8. The van der Waals surface area contributed by atoms with Crippen molar-refractivity contribution in [3.05, 3.63) is 90.0 Å². The van der Waals surface area contributed by atoms with Crippen molar-refractivity contribution in [1.29, 1.82) is 0 Å². The molecule has 0 heterocycles. The minimum absolute atomic E-state index is 0.779. The molecule has 0 unspecified atom stereocenters. The van der Waals surface area contributed by atoms with Crippen LogP contribution in [0.3, 0.4) is 0 Å². The normalized spacial score (nSPS) is 12.0. The molecule has 0 spiro atoms. The number of anilines is 1. The van der Waals surface area contributed by atoms with E-state index in [1.165, 1.54) is 10.8 Å². The molecule has 2 N–H and O–H groups in total. The highest BCUT2D eigenvalue weighted by Gasteiger charge is 2.12. The van der Waals surface area contributed by atoms with Crippen molar-refractivity contribution in [3.8, 4) is 0 Å². The van der Waals surface area contributed by atoms with E-state index < -0.39 is 0 Å². The summed E-state index contributed by atoms with van der Waals surface area (Å²) < 4.78 is 0. The molecule has 4 aromatic rings.